The molecule has 2 aromatic carbocycles. The lowest BCUT2D eigenvalue weighted by Gasteiger charge is -2.30. The van der Waals surface area contributed by atoms with Crippen molar-refractivity contribution in [2.24, 2.45) is 0 Å². The largest absolute Gasteiger partial charge is 0.378 e. The standard InChI is InChI=1S/C25H23N3O2S2/c29-23(26-19-9-4-5-10-20(19)28-12-14-30-15-13-28)17-22-24(21-11-6-16-31-21)27-25(32-22)18-7-2-1-3-8-18/h1-11,16H,12-15,17H2,(H,26,29). The lowest BCUT2D eigenvalue weighted by atomic mass is 10.2. The number of rotatable bonds is 6. The summed E-state index contributed by atoms with van der Waals surface area (Å²) in [4.78, 5) is 22.3. The van der Waals surface area contributed by atoms with Crippen molar-refractivity contribution in [3.63, 3.8) is 0 Å². The predicted molar refractivity (Wildman–Crippen MR) is 133 cm³/mol. The minimum atomic E-state index is -0.0354. The number of para-hydroxylation sites is 2. The van der Waals surface area contributed by atoms with Crippen molar-refractivity contribution >= 4 is 40.0 Å². The quantitative estimate of drug-likeness (QED) is 0.409. The first kappa shape index (κ1) is 20.9. The van der Waals surface area contributed by atoms with Gasteiger partial charge in [-0.1, -0.05) is 48.5 Å². The van der Waals surface area contributed by atoms with Crippen LogP contribution >= 0.6 is 22.7 Å². The molecule has 32 heavy (non-hydrogen) atoms. The number of hydrogen-bond donors (Lipinski definition) is 1. The van der Waals surface area contributed by atoms with Crippen LogP contribution in [0.3, 0.4) is 0 Å². The summed E-state index contributed by atoms with van der Waals surface area (Å²) < 4.78 is 5.47. The van der Waals surface area contributed by atoms with E-state index in [1.54, 1.807) is 22.7 Å². The third-order valence-electron chi connectivity index (χ3n) is 5.32. The molecular weight excluding hydrogens is 438 g/mol. The first-order valence-electron chi connectivity index (χ1n) is 10.6. The Bertz CT molecular complexity index is 1180. The SMILES string of the molecule is O=C(Cc1sc(-c2ccccc2)nc1-c1cccs1)Nc1ccccc1N1CCOCC1. The van der Waals surface area contributed by atoms with Gasteiger partial charge in [-0.25, -0.2) is 4.98 Å². The molecule has 0 atom stereocenters. The molecular formula is C25H23N3O2S2. The van der Waals surface area contributed by atoms with Gasteiger partial charge in [0, 0.05) is 23.5 Å². The number of thiophene rings is 1. The molecule has 1 amide bonds. The first-order valence-corrected chi connectivity index (χ1v) is 12.3. The Labute approximate surface area is 195 Å². The molecule has 0 unspecified atom stereocenters. The molecule has 0 radical (unpaired) electrons. The second-order valence-corrected chi connectivity index (χ2v) is 9.51. The van der Waals surface area contributed by atoms with E-state index in [1.807, 2.05) is 47.8 Å². The summed E-state index contributed by atoms with van der Waals surface area (Å²) in [5.74, 6) is -0.0354. The van der Waals surface area contributed by atoms with Gasteiger partial charge in [0.15, 0.2) is 0 Å². The van der Waals surface area contributed by atoms with Crippen LogP contribution in [0.5, 0.6) is 0 Å². The summed E-state index contributed by atoms with van der Waals surface area (Å²) in [6.07, 6.45) is 0.287. The molecule has 3 heterocycles. The summed E-state index contributed by atoms with van der Waals surface area (Å²) in [5, 5.41) is 6.12. The van der Waals surface area contributed by atoms with Gasteiger partial charge in [-0.2, -0.15) is 0 Å². The number of carbonyl (C=O) groups is 1. The minimum Gasteiger partial charge on any atom is -0.378 e. The van der Waals surface area contributed by atoms with E-state index in [-0.39, 0.29) is 12.3 Å². The molecule has 0 spiro atoms. The highest BCUT2D eigenvalue weighted by molar-refractivity contribution is 7.17. The highest BCUT2D eigenvalue weighted by atomic mass is 32.1. The van der Waals surface area contributed by atoms with Crippen LogP contribution in [0.25, 0.3) is 21.1 Å². The number of ether oxygens (including phenoxy) is 1. The lowest BCUT2D eigenvalue weighted by Crippen LogP contribution is -2.36. The molecule has 0 aliphatic carbocycles. The van der Waals surface area contributed by atoms with E-state index in [2.05, 4.69) is 34.5 Å². The van der Waals surface area contributed by atoms with Crippen molar-refractivity contribution in [1.29, 1.82) is 0 Å². The minimum absolute atomic E-state index is 0.0354. The van der Waals surface area contributed by atoms with E-state index in [9.17, 15) is 4.79 Å². The van der Waals surface area contributed by atoms with Crippen LogP contribution < -0.4 is 10.2 Å². The summed E-state index contributed by atoms with van der Waals surface area (Å²) in [7, 11) is 0. The highest BCUT2D eigenvalue weighted by Gasteiger charge is 2.20. The van der Waals surface area contributed by atoms with Crippen LogP contribution in [-0.2, 0) is 16.0 Å². The van der Waals surface area contributed by atoms with Gasteiger partial charge in [0.25, 0.3) is 0 Å². The number of nitrogens with zero attached hydrogens (tertiary/aromatic N) is 2. The van der Waals surface area contributed by atoms with Crippen molar-refractivity contribution in [2.75, 3.05) is 36.5 Å². The van der Waals surface area contributed by atoms with E-state index < -0.39 is 0 Å². The molecule has 5 rings (SSSR count). The topological polar surface area (TPSA) is 54.5 Å². The zero-order chi connectivity index (χ0) is 21.8. The fourth-order valence-electron chi connectivity index (χ4n) is 3.78. The van der Waals surface area contributed by atoms with Gasteiger partial charge in [0.2, 0.25) is 5.91 Å². The summed E-state index contributed by atoms with van der Waals surface area (Å²) in [6, 6.07) is 22.2. The van der Waals surface area contributed by atoms with Crippen molar-refractivity contribution in [2.45, 2.75) is 6.42 Å². The molecule has 5 nitrogen and oxygen atoms in total. The van der Waals surface area contributed by atoms with Gasteiger partial charge < -0.3 is 15.0 Å². The molecule has 4 aromatic rings. The molecule has 1 N–H and O–H groups in total. The van der Waals surface area contributed by atoms with Crippen LogP contribution in [0.1, 0.15) is 4.88 Å². The number of benzene rings is 2. The Morgan fingerprint density at radius 3 is 2.56 bits per heavy atom. The molecule has 2 aromatic heterocycles. The molecule has 1 saturated heterocycles. The fourth-order valence-corrected chi connectivity index (χ4v) is 5.67. The molecule has 7 heteroatoms. The average molecular weight is 462 g/mol. The number of nitrogens with one attached hydrogen (secondary N) is 1. The average Bonchev–Trinajstić information content (AvgIpc) is 3.51. The summed E-state index contributed by atoms with van der Waals surface area (Å²) in [5.41, 5.74) is 3.85. The fraction of sp³-hybridized carbons (Fsp3) is 0.200. The highest BCUT2D eigenvalue weighted by Crippen LogP contribution is 2.36. The van der Waals surface area contributed by atoms with Crippen LogP contribution in [-0.4, -0.2) is 37.2 Å². The molecule has 1 fully saturated rings. The van der Waals surface area contributed by atoms with Gasteiger partial charge >= 0.3 is 0 Å². The second-order valence-electron chi connectivity index (χ2n) is 7.48. The van der Waals surface area contributed by atoms with Gasteiger partial charge in [-0.05, 0) is 23.6 Å². The van der Waals surface area contributed by atoms with Crippen molar-refractivity contribution in [3.8, 4) is 21.1 Å². The van der Waals surface area contributed by atoms with Crippen LogP contribution in [0.4, 0.5) is 11.4 Å². The monoisotopic (exact) mass is 461 g/mol. The Balaban J connectivity index is 1.40. The van der Waals surface area contributed by atoms with Crippen LogP contribution in [0.15, 0.2) is 72.1 Å². The van der Waals surface area contributed by atoms with Gasteiger partial charge in [-0.15, -0.1) is 22.7 Å². The van der Waals surface area contributed by atoms with Gasteiger partial charge in [0.1, 0.15) is 5.01 Å². The van der Waals surface area contributed by atoms with Gasteiger partial charge in [-0.3, -0.25) is 4.79 Å². The second kappa shape index (κ2) is 9.65. The van der Waals surface area contributed by atoms with Crippen molar-refractivity contribution in [3.05, 3.63) is 77.0 Å². The van der Waals surface area contributed by atoms with Crippen LogP contribution in [0.2, 0.25) is 0 Å². The Hall–Kier alpha value is -3.00. The smallest absolute Gasteiger partial charge is 0.229 e. The lowest BCUT2D eigenvalue weighted by molar-refractivity contribution is -0.115. The zero-order valence-electron chi connectivity index (χ0n) is 17.5. The maximum absolute atomic E-state index is 13.1. The summed E-state index contributed by atoms with van der Waals surface area (Å²) in [6.45, 7) is 3.06. The molecule has 0 saturated carbocycles. The number of anilines is 2. The third-order valence-corrected chi connectivity index (χ3v) is 7.30. The summed E-state index contributed by atoms with van der Waals surface area (Å²) >= 11 is 3.23. The zero-order valence-corrected chi connectivity index (χ0v) is 19.1. The Morgan fingerprint density at radius 1 is 1.00 bits per heavy atom. The number of aromatic nitrogens is 1. The van der Waals surface area contributed by atoms with E-state index in [1.165, 1.54) is 0 Å². The predicted octanol–water partition coefficient (Wildman–Crippen LogP) is 5.56. The third kappa shape index (κ3) is 4.60. The Kier molecular flexibility index (Phi) is 6.29. The normalized spacial score (nSPS) is 13.8. The Morgan fingerprint density at radius 2 is 1.78 bits per heavy atom. The van der Waals surface area contributed by atoms with Crippen LogP contribution in [0, 0.1) is 0 Å². The number of carbonyl (C=O) groups excluding carboxylic acids is 1. The van der Waals surface area contributed by atoms with Crippen molar-refractivity contribution < 1.29 is 9.53 Å². The number of morpholine rings is 1. The van der Waals surface area contributed by atoms with Gasteiger partial charge in [0.05, 0.1) is 41.6 Å². The first-order chi connectivity index (χ1) is 15.8. The number of hydrogen-bond acceptors (Lipinski definition) is 6. The maximum atomic E-state index is 13.1. The van der Waals surface area contributed by atoms with E-state index in [4.69, 9.17) is 9.72 Å². The van der Waals surface area contributed by atoms with Crippen molar-refractivity contribution in [1.82, 2.24) is 4.98 Å². The number of thiazole rings is 1. The number of amides is 1. The van der Waals surface area contributed by atoms with E-state index in [0.717, 1.165) is 50.5 Å². The molecule has 0 bridgehead atoms. The molecule has 1 aliphatic heterocycles. The molecule has 162 valence electrons. The van der Waals surface area contributed by atoms with E-state index >= 15 is 0 Å². The molecule has 1 aliphatic rings. The van der Waals surface area contributed by atoms with E-state index in [0.29, 0.717) is 13.2 Å². The maximum Gasteiger partial charge on any atom is 0.229 e.